The maximum absolute atomic E-state index is 5.03. The summed E-state index contributed by atoms with van der Waals surface area (Å²) in [4.78, 5) is 0. The van der Waals surface area contributed by atoms with Crippen LogP contribution in [0.5, 0.6) is 0 Å². The van der Waals surface area contributed by atoms with Crippen molar-refractivity contribution in [2.24, 2.45) is 0 Å². The van der Waals surface area contributed by atoms with Gasteiger partial charge in [0.1, 0.15) is 0 Å². The van der Waals surface area contributed by atoms with E-state index in [0.717, 1.165) is 25.2 Å². The Bertz CT molecular complexity index is 583. The van der Waals surface area contributed by atoms with Crippen molar-refractivity contribution in [1.82, 2.24) is 25.5 Å². The Morgan fingerprint density at radius 1 is 1.38 bits per heavy atom. The maximum Gasteiger partial charge on any atom is 0.165 e. The Morgan fingerprint density at radius 3 is 3.19 bits per heavy atom. The highest BCUT2D eigenvalue weighted by Gasteiger charge is 2.24. The molecule has 0 fully saturated rings. The van der Waals surface area contributed by atoms with Crippen molar-refractivity contribution >= 4 is 0 Å². The van der Waals surface area contributed by atoms with Crippen molar-refractivity contribution in [2.75, 3.05) is 20.3 Å². The first-order chi connectivity index (χ1) is 10.4. The highest BCUT2D eigenvalue weighted by Crippen LogP contribution is 2.32. The predicted molar refractivity (Wildman–Crippen MR) is 78.9 cm³/mol. The number of ether oxygens (including phenoxy) is 1. The van der Waals surface area contributed by atoms with E-state index in [1.54, 1.807) is 7.11 Å². The number of methoxy groups -OCH3 is 1. The average Bonchev–Trinajstić information content (AvgIpc) is 2.99. The van der Waals surface area contributed by atoms with Crippen LogP contribution in [0.3, 0.4) is 0 Å². The van der Waals surface area contributed by atoms with E-state index in [9.17, 15) is 0 Å². The van der Waals surface area contributed by atoms with E-state index >= 15 is 0 Å². The summed E-state index contributed by atoms with van der Waals surface area (Å²) in [5, 5.41) is 15.5. The van der Waals surface area contributed by atoms with E-state index in [-0.39, 0.29) is 6.04 Å². The van der Waals surface area contributed by atoms with E-state index < -0.39 is 0 Å². The smallest absolute Gasteiger partial charge is 0.165 e. The summed E-state index contributed by atoms with van der Waals surface area (Å²) in [6.07, 6.45) is 3.42. The molecular formula is C15H21N5O. The first-order valence-electron chi connectivity index (χ1n) is 7.44. The zero-order chi connectivity index (χ0) is 14.5. The van der Waals surface area contributed by atoms with Crippen molar-refractivity contribution in [3.63, 3.8) is 0 Å². The minimum absolute atomic E-state index is 0.254. The lowest BCUT2D eigenvalue weighted by Crippen LogP contribution is -2.25. The number of nitrogens with zero attached hydrogens (tertiary/aromatic N) is 4. The number of aryl methyl sites for hydroxylation is 1. The van der Waals surface area contributed by atoms with Crippen LogP contribution in [-0.2, 0) is 17.7 Å². The van der Waals surface area contributed by atoms with Gasteiger partial charge in [0.2, 0.25) is 0 Å². The van der Waals surface area contributed by atoms with Gasteiger partial charge in [0.15, 0.2) is 5.82 Å². The van der Waals surface area contributed by atoms with Gasteiger partial charge in [-0.3, -0.25) is 0 Å². The lowest BCUT2D eigenvalue weighted by atomic mass is 9.88. The van der Waals surface area contributed by atoms with Crippen molar-refractivity contribution in [3.8, 4) is 0 Å². The molecule has 0 spiro atoms. The van der Waals surface area contributed by atoms with E-state index in [4.69, 9.17) is 4.74 Å². The second-order valence-corrected chi connectivity index (χ2v) is 5.32. The Balaban J connectivity index is 1.77. The van der Waals surface area contributed by atoms with Crippen molar-refractivity contribution in [1.29, 1.82) is 0 Å². The van der Waals surface area contributed by atoms with Crippen molar-refractivity contribution < 1.29 is 4.74 Å². The van der Waals surface area contributed by atoms with E-state index in [1.807, 2.05) is 4.68 Å². The molecule has 1 heterocycles. The quantitative estimate of drug-likeness (QED) is 0.812. The normalized spacial score (nSPS) is 17.7. The van der Waals surface area contributed by atoms with Crippen LogP contribution in [0.1, 0.15) is 35.8 Å². The third-order valence-electron chi connectivity index (χ3n) is 3.96. The average molecular weight is 287 g/mol. The molecule has 0 saturated heterocycles. The minimum atomic E-state index is 0.254. The van der Waals surface area contributed by atoms with Gasteiger partial charge in [0.25, 0.3) is 0 Å². The number of tetrazole rings is 1. The molecular weight excluding hydrogens is 266 g/mol. The van der Waals surface area contributed by atoms with Crippen molar-refractivity contribution in [2.45, 2.75) is 31.8 Å². The molecule has 1 N–H and O–H groups in total. The number of fused-ring (bicyclic) bond motifs is 1. The van der Waals surface area contributed by atoms with Crippen LogP contribution in [0.2, 0.25) is 0 Å². The third-order valence-corrected chi connectivity index (χ3v) is 3.96. The summed E-state index contributed by atoms with van der Waals surface area (Å²) in [5.74, 6) is 0.882. The fourth-order valence-electron chi connectivity index (χ4n) is 2.93. The minimum Gasteiger partial charge on any atom is -0.383 e. The molecule has 0 aliphatic heterocycles. The molecule has 6 nitrogen and oxygen atoms in total. The van der Waals surface area contributed by atoms with E-state index in [0.29, 0.717) is 13.2 Å². The van der Waals surface area contributed by atoms with Crippen LogP contribution in [-0.4, -0.2) is 40.5 Å². The molecule has 2 aromatic rings. The SMILES string of the molecule is COCCNCc1nnnn1C1CCCc2ccccc21. The second-order valence-electron chi connectivity index (χ2n) is 5.32. The zero-order valence-electron chi connectivity index (χ0n) is 12.3. The molecule has 1 atom stereocenters. The summed E-state index contributed by atoms with van der Waals surface area (Å²) in [6.45, 7) is 2.15. The van der Waals surface area contributed by atoms with Gasteiger partial charge in [-0.2, -0.15) is 0 Å². The largest absolute Gasteiger partial charge is 0.383 e. The highest BCUT2D eigenvalue weighted by molar-refractivity contribution is 5.32. The number of aromatic nitrogens is 4. The van der Waals surface area contributed by atoms with Crippen LogP contribution >= 0.6 is 0 Å². The van der Waals surface area contributed by atoms with Gasteiger partial charge >= 0.3 is 0 Å². The van der Waals surface area contributed by atoms with Gasteiger partial charge in [0.05, 0.1) is 19.2 Å². The Labute approximate surface area is 124 Å². The number of hydrogen-bond acceptors (Lipinski definition) is 5. The van der Waals surface area contributed by atoms with E-state index in [2.05, 4.69) is 45.1 Å². The first kappa shape index (κ1) is 14.2. The van der Waals surface area contributed by atoms with Gasteiger partial charge in [-0.25, -0.2) is 4.68 Å². The van der Waals surface area contributed by atoms with Gasteiger partial charge in [-0.15, -0.1) is 5.10 Å². The molecule has 1 aromatic heterocycles. The van der Waals surface area contributed by atoms with E-state index in [1.165, 1.54) is 17.5 Å². The zero-order valence-corrected chi connectivity index (χ0v) is 12.3. The lowest BCUT2D eigenvalue weighted by Gasteiger charge is -2.26. The number of benzene rings is 1. The Hall–Kier alpha value is -1.79. The Kier molecular flexibility index (Phi) is 4.57. The molecule has 1 aliphatic carbocycles. The molecule has 0 bridgehead atoms. The van der Waals surface area contributed by atoms with Crippen LogP contribution < -0.4 is 5.32 Å². The molecule has 0 saturated carbocycles. The molecule has 0 radical (unpaired) electrons. The Morgan fingerprint density at radius 2 is 2.29 bits per heavy atom. The molecule has 6 heteroatoms. The number of hydrogen-bond donors (Lipinski definition) is 1. The van der Waals surface area contributed by atoms with Crippen LogP contribution in [0.25, 0.3) is 0 Å². The first-order valence-corrected chi connectivity index (χ1v) is 7.44. The molecule has 3 rings (SSSR count). The highest BCUT2D eigenvalue weighted by atomic mass is 16.5. The standard InChI is InChI=1S/C15H21N5O/c1-21-10-9-16-11-15-17-18-19-20(15)14-8-4-6-12-5-2-3-7-13(12)14/h2-3,5,7,14,16H,4,6,8-11H2,1H3. The fourth-order valence-corrected chi connectivity index (χ4v) is 2.93. The van der Waals surface area contributed by atoms with Gasteiger partial charge in [0, 0.05) is 13.7 Å². The summed E-state index contributed by atoms with van der Waals surface area (Å²) in [6, 6.07) is 8.86. The summed E-state index contributed by atoms with van der Waals surface area (Å²) in [5.41, 5.74) is 2.77. The molecule has 21 heavy (non-hydrogen) atoms. The maximum atomic E-state index is 5.03. The van der Waals surface area contributed by atoms with Gasteiger partial charge in [-0.1, -0.05) is 24.3 Å². The lowest BCUT2D eigenvalue weighted by molar-refractivity contribution is 0.198. The third kappa shape index (κ3) is 3.11. The van der Waals surface area contributed by atoms with Crippen LogP contribution in [0, 0.1) is 0 Å². The molecule has 1 unspecified atom stereocenters. The second kappa shape index (κ2) is 6.78. The summed E-state index contributed by atoms with van der Waals surface area (Å²) in [7, 11) is 1.70. The molecule has 0 amide bonds. The number of rotatable bonds is 6. The molecule has 1 aliphatic rings. The monoisotopic (exact) mass is 287 g/mol. The topological polar surface area (TPSA) is 64.9 Å². The number of nitrogens with one attached hydrogen (secondary N) is 1. The fraction of sp³-hybridized carbons (Fsp3) is 0.533. The summed E-state index contributed by atoms with van der Waals surface area (Å²) >= 11 is 0. The van der Waals surface area contributed by atoms with Crippen LogP contribution in [0.4, 0.5) is 0 Å². The van der Waals surface area contributed by atoms with Crippen molar-refractivity contribution in [3.05, 3.63) is 41.2 Å². The molecule has 112 valence electrons. The van der Waals surface area contributed by atoms with Gasteiger partial charge < -0.3 is 10.1 Å². The molecule has 1 aromatic carbocycles. The predicted octanol–water partition coefficient (Wildman–Crippen LogP) is 1.33. The van der Waals surface area contributed by atoms with Crippen LogP contribution in [0.15, 0.2) is 24.3 Å². The van der Waals surface area contributed by atoms with Gasteiger partial charge in [-0.05, 0) is 40.8 Å². The summed E-state index contributed by atoms with van der Waals surface area (Å²) < 4.78 is 7.00.